The third-order valence-electron chi connectivity index (χ3n) is 3.67. The van der Waals surface area contributed by atoms with Gasteiger partial charge < -0.3 is 10.2 Å². The van der Waals surface area contributed by atoms with Crippen molar-refractivity contribution in [3.05, 3.63) is 34.3 Å². The molecular formula is C13H16BrN3O. The zero-order valence-corrected chi connectivity index (χ0v) is 11.7. The standard InChI is InChI=1S/C13H16BrN3O/c14-12-4-2-1-3-10(12)8-16-5-6-17-11(9-16)7-15-13(17)18/h1-4,11H,5-9H2,(H,15,18). The Bertz CT molecular complexity index is 465. The number of piperazine rings is 1. The summed E-state index contributed by atoms with van der Waals surface area (Å²) < 4.78 is 1.16. The van der Waals surface area contributed by atoms with Gasteiger partial charge in [-0.1, -0.05) is 34.1 Å². The monoisotopic (exact) mass is 309 g/mol. The molecule has 0 spiro atoms. The average Bonchev–Trinajstić information content (AvgIpc) is 2.74. The second kappa shape index (κ2) is 4.90. The lowest BCUT2D eigenvalue weighted by Crippen LogP contribution is -2.51. The van der Waals surface area contributed by atoms with Crippen molar-refractivity contribution < 1.29 is 4.79 Å². The molecule has 2 fully saturated rings. The lowest BCUT2D eigenvalue weighted by Gasteiger charge is -2.36. The van der Waals surface area contributed by atoms with Gasteiger partial charge in [0.2, 0.25) is 0 Å². The van der Waals surface area contributed by atoms with Crippen LogP contribution in [-0.2, 0) is 6.54 Å². The Hall–Kier alpha value is -1.07. The molecule has 3 rings (SSSR count). The summed E-state index contributed by atoms with van der Waals surface area (Å²) in [5.41, 5.74) is 1.31. The van der Waals surface area contributed by atoms with E-state index in [1.165, 1.54) is 5.56 Å². The molecule has 0 bridgehead atoms. The summed E-state index contributed by atoms with van der Waals surface area (Å²) in [7, 11) is 0. The van der Waals surface area contributed by atoms with Crippen molar-refractivity contribution in [3.63, 3.8) is 0 Å². The highest BCUT2D eigenvalue weighted by Gasteiger charge is 2.35. The second-order valence-electron chi connectivity index (χ2n) is 4.86. The van der Waals surface area contributed by atoms with Crippen LogP contribution in [0.15, 0.2) is 28.7 Å². The Morgan fingerprint density at radius 3 is 3.00 bits per heavy atom. The number of halogens is 1. The van der Waals surface area contributed by atoms with E-state index < -0.39 is 0 Å². The second-order valence-corrected chi connectivity index (χ2v) is 5.71. The van der Waals surface area contributed by atoms with Gasteiger partial charge in [-0.05, 0) is 11.6 Å². The molecule has 0 radical (unpaired) electrons. The molecule has 2 aliphatic heterocycles. The van der Waals surface area contributed by atoms with Crippen LogP contribution in [-0.4, -0.2) is 48.1 Å². The number of hydrogen-bond donors (Lipinski definition) is 1. The molecule has 1 aromatic carbocycles. The normalized spacial score (nSPS) is 23.9. The maximum Gasteiger partial charge on any atom is 0.317 e. The van der Waals surface area contributed by atoms with Crippen molar-refractivity contribution in [2.45, 2.75) is 12.6 Å². The van der Waals surface area contributed by atoms with Crippen LogP contribution in [0.5, 0.6) is 0 Å². The van der Waals surface area contributed by atoms with E-state index >= 15 is 0 Å². The van der Waals surface area contributed by atoms with Gasteiger partial charge in [0.05, 0.1) is 6.04 Å². The van der Waals surface area contributed by atoms with E-state index in [2.05, 4.69) is 44.3 Å². The van der Waals surface area contributed by atoms with E-state index in [-0.39, 0.29) is 6.03 Å². The minimum absolute atomic E-state index is 0.0977. The maximum atomic E-state index is 11.5. The lowest BCUT2D eigenvalue weighted by molar-refractivity contribution is 0.116. The van der Waals surface area contributed by atoms with Gasteiger partial charge >= 0.3 is 6.03 Å². The quantitative estimate of drug-likeness (QED) is 0.902. The molecule has 2 aliphatic rings. The van der Waals surface area contributed by atoms with Crippen LogP contribution in [0.1, 0.15) is 5.56 Å². The molecule has 2 heterocycles. The highest BCUT2D eigenvalue weighted by atomic mass is 79.9. The Kier molecular flexibility index (Phi) is 3.26. The number of nitrogens with zero attached hydrogens (tertiary/aromatic N) is 2. The van der Waals surface area contributed by atoms with Crippen molar-refractivity contribution >= 4 is 22.0 Å². The number of urea groups is 1. The molecule has 18 heavy (non-hydrogen) atoms. The van der Waals surface area contributed by atoms with Gasteiger partial charge in [-0.15, -0.1) is 0 Å². The molecular weight excluding hydrogens is 294 g/mol. The first kappa shape index (κ1) is 12.0. The minimum atomic E-state index is 0.0977. The van der Waals surface area contributed by atoms with E-state index in [1.54, 1.807) is 0 Å². The molecule has 5 heteroatoms. The molecule has 96 valence electrons. The Morgan fingerprint density at radius 2 is 2.17 bits per heavy atom. The summed E-state index contributed by atoms with van der Waals surface area (Å²) in [4.78, 5) is 15.9. The fraction of sp³-hybridized carbons (Fsp3) is 0.462. The van der Waals surface area contributed by atoms with Crippen LogP contribution in [0.4, 0.5) is 4.79 Å². The number of carbonyl (C=O) groups excluding carboxylic acids is 1. The molecule has 0 aliphatic carbocycles. The van der Waals surface area contributed by atoms with Crippen molar-refractivity contribution in [2.75, 3.05) is 26.2 Å². The third kappa shape index (κ3) is 2.24. The van der Waals surface area contributed by atoms with Crippen molar-refractivity contribution in [3.8, 4) is 0 Å². The highest BCUT2D eigenvalue weighted by molar-refractivity contribution is 9.10. The number of fused-ring (bicyclic) bond motifs is 1. The molecule has 1 aromatic rings. The first-order valence-electron chi connectivity index (χ1n) is 6.24. The van der Waals surface area contributed by atoms with Crippen molar-refractivity contribution in [1.29, 1.82) is 0 Å². The van der Waals surface area contributed by atoms with Gasteiger partial charge in [-0.2, -0.15) is 0 Å². The largest absolute Gasteiger partial charge is 0.336 e. The predicted octanol–water partition coefficient (Wildman–Crippen LogP) is 1.66. The molecule has 4 nitrogen and oxygen atoms in total. The predicted molar refractivity (Wildman–Crippen MR) is 73.3 cm³/mol. The van der Waals surface area contributed by atoms with Crippen LogP contribution < -0.4 is 5.32 Å². The average molecular weight is 310 g/mol. The zero-order chi connectivity index (χ0) is 12.5. The number of amides is 2. The van der Waals surface area contributed by atoms with E-state index in [0.717, 1.165) is 37.2 Å². The number of carbonyl (C=O) groups is 1. The fourth-order valence-electron chi connectivity index (χ4n) is 2.68. The van der Waals surface area contributed by atoms with E-state index in [1.807, 2.05) is 11.0 Å². The molecule has 0 saturated carbocycles. The first-order valence-corrected chi connectivity index (χ1v) is 7.03. The fourth-order valence-corrected chi connectivity index (χ4v) is 3.09. The van der Waals surface area contributed by atoms with Gasteiger partial charge in [0.25, 0.3) is 0 Å². The maximum absolute atomic E-state index is 11.5. The van der Waals surface area contributed by atoms with E-state index in [4.69, 9.17) is 0 Å². The molecule has 1 atom stereocenters. The van der Waals surface area contributed by atoms with Crippen LogP contribution in [0.3, 0.4) is 0 Å². The highest BCUT2D eigenvalue weighted by Crippen LogP contribution is 2.20. The van der Waals surface area contributed by atoms with Crippen LogP contribution >= 0.6 is 15.9 Å². The van der Waals surface area contributed by atoms with Gasteiger partial charge in [0.1, 0.15) is 0 Å². The van der Waals surface area contributed by atoms with Crippen LogP contribution in [0.2, 0.25) is 0 Å². The molecule has 1 unspecified atom stereocenters. The summed E-state index contributed by atoms with van der Waals surface area (Å²) in [6.45, 7) is 4.47. The van der Waals surface area contributed by atoms with Gasteiger partial charge in [-0.25, -0.2) is 4.79 Å². The summed E-state index contributed by atoms with van der Waals surface area (Å²) >= 11 is 3.59. The van der Waals surface area contributed by atoms with Gasteiger partial charge in [0.15, 0.2) is 0 Å². The van der Waals surface area contributed by atoms with Gasteiger partial charge in [-0.3, -0.25) is 4.90 Å². The number of rotatable bonds is 2. The number of benzene rings is 1. The van der Waals surface area contributed by atoms with Gasteiger partial charge in [0, 0.05) is 37.2 Å². The summed E-state index contributed by atoms with van der Waals surface area (Å²) in [6.07, 6.45) is 0. The Labute approximate surface area is 115 Å². The molecule has 2 amide bonds. The topological polar surface area (TPSA) is 35.6 Å². The van der Waals surface area contributed by atoms with Crippen molar-refractivity contribution in [2.24, 2.45) is 0 Å². The minimum Gasteiger partial charge on any atom is -0.336 e. The summed E-state index contributed by atoms with van der Waals surface area (Å²) in [5, 5.41) is 2.91. The lowest BCUT2D eigenvalue weighted by atomic mass is 10.1. The number of hydrogen-bond acceptors (Lipinski definition) is 2. The zero-order valence-electron chi connectivity index (χ0n) is 10.1. The molecule has 0 aromatic heterocycles. The van der Waals surface area contributed by atoms with E-state index in [0.29, 0.717) is 6.04 Å². The Morgan fingerprint density at radius 1 is 1.33 bits per heavy atom. The third-order valence-corrected chi connectivity index (χ3v) is 4.44. The smallest absolute Gasteiger partial charge is 0.317 e. The van der Waals surface area contributed by atoms with Crippen molar-refractivity contribution in [1.82, 2.24) is 15.1 Å². The summed E-state index contributed by atoms with van der Waals surface area (Å²) in [5.74, 6) is 0. The molecule has 2 saturated heterocycles. The molecule has 1 N–H and O–H groups in total. The Balaban J connectivity index is 1.66. The summed E-state index contributed by atoms with van der Waals surface area (Å²) in [6, 6.07) is 8.76. The van der Waals surface area contributed by atoms with E-state index in [9.17, 15) is 4.79 Å². The van der Waals surface area contributed by atoms with Crippen LogP contribution in [0, 0.1) is 0 Å². The first-order chi connectivity index (χ1) is 8.74. The van der Waals surface area contributed by atoms with Crippen LogP contribution in [0.25, 0.3) is 0 Å². The SMILES string of the molecule is O=C1NCC2CN(Cc3ccccc3Br)CCN12. The number of nitrogens with one attached hydrogen (secondary N) is 1.